The lowest BCUT2D eigenvalue weighted by Crippen LogP contribution is -2.61. The summed E-state index contributed by atoms with van der Waals surface area (Å²) in [6, 6.07) is 0. The van der Waals surface area contributed by atoms with E-state index >= 15 is 0 Å². The highest BCUT2D eigenvalue weighted by Crippen LogP contribution is 2.26. The molecule has 2 fully saturated rings. The van der Waals surface area contributed by atoms with Crippen LogP contribution in [0.1, 0.15) is 97.3 Å². The lowest BCUT2D eigenvalue weighted by atomic mass is 9.98. The van der Waals surface area contributed by atoms with Crippen molar-refractivity contribution in [3.05, 3.63) is 12.2 Å². The summed E-state index contributed by atoms with van der Waals surface area (Å²) in [5.74, 6) is -1.00. The third-order valence-corrected chi connectivity index (χ3v) is 8.46. The van der Waals surface area contributed by atoms with Crippen molar-refractivity contribution in [2.24, 2.45) is 0 Å². The fraction of sp³-hybridized carbons (Fsp3) is 0.882. The number of unbranched alkanes of at least 4 members (excludes halogenated alkanes) is 8. The number of carbonyl (C=O) groups excluding carboxylic acids is 2. The SMILES string of the molecule is CCCCC/C=C\CCCCCCCC(=O)OC(COC(=O)CCC)COC1OC(COC2OC(CO)C(O)C(O)C2O)C(O)C(O)C1O. The Hall–Kier alpha value is -1.76. The van der Waals surface area contributed by atoms with E-state index < -0.39 is 92.7 Å². The maximum atomic E-state index is 12.6. The van der Waals surface area contributed by atoms with Crippen molar-refractivity contribution < 1.29 is 73.8 Å². The highest BCUT2D eigenvalue weighted by Gasteiger charge is 2.47. The van der Waals surface area contributed by atoms with E-state index in [-0.39, 0.29) is 26.1 Å². The zero-order valence-corrected chi connectivity index (χ0v) is 28.9. The summed E-state index contributed by atoms with van der Waals surface area (Å²) in [6.07, 6.45) is -0.959. The maximum absolute atomic E-state index is 12.6. The van der Waals surface area contributed by atoms with Crippen LogP contribution in [0.5, 0.6) is 0 Å². The zero-order chi connectivity index (χ0) is 36.2. The maximum Gasteiger partial charge on any atom is 0.306 e. The van der Waals surface area contributed by atoms with Gasteiger partial charge in [-0.2, -0.15) is 0 Å². The minimum absolute atomic E-state index is 0.154. The quantitative estimate of drug-likeness (QED) is 0.0417. The molecule has 2 rings (SSSR count). The first kappa shape index (κ1) is 43.4. The molecular weight excluding hydrogens is 648 g/mol. The molecule has 0 bridgehead atoms. The number of esters is 2. The van der Waals surface area contributed by atoms with Gasteiger partial charge in [0.1, 0.15) is 55.4 Å². The van der Waals surface area contributed by atoms with Crippen LogP contribution in [0, 0.1) is 0 Å². The van der Waals surface area contributed by atoms with Crippen LogP contribution in [0.3, 0.4) is 0 Å². The monoisotopic (exact) mass is 708 g/mol. The van der Waals surface area contributed by atoms with E-state index in [0.717, 1.165) is 38.5 Å². The van der Waals surface area contributed by atoms with E-state index in [4.69, 9.17) is 28.4 Å². The Bertz CT molecular complexity index is 933. The molecule has 2 saturated heterocycles. The summed E-state index contributed by atoms with van der Waals surface area (Å²) in [6.45, 7) is 2.10. The molecule has 0 aromatic carbocycles. The van der Waals surface area contributed by atoms with Gasteiger partial charge in [0.2, 0.25) is 0 Å². The molecule has 11 unspecified atom stereocenters. The molecule has 0 saturated carbocycles. The molecule has 0 aromatic heterocycles. The van der Waals surface area contributed by atoms with Gasteiger partial charge in [-0.1, -0.05) is 58.1 Å². The molecule has 15 nitrogen and oxygen atoms in total. The van der Waals surface area contributed by atoms with E-state index in [1.165, 1.54) is 19.3 Å². The fourth-order valence-electron chi connectivity index (χ4n) is 5.42. The van der Waals surface area contributed by atoms with Gasteiger partial charge in [-0.15, -0.1) is 0 Å². The van der Waals surface area contributed by atoms with Crippen LogP contribution >= 0.6 is 0 Å². The summed E-state index contributed by atoms with van der Waals surface area (Å²) in [5.41, 5.74) is 0. The Balaban J connectivity index is 1.85. The molecule has 7 N–H and O–H groups in total. The predicted molar refractivity (Wildman–Crippen MR) is 174 cm³/mol. The van der Waals surface area contributed by atoms with Gasteiger partial charge in [-0.3, -0.25) is 9.59 Å². The summed E-state index contributed by atoms with van der Waals surface area (Å²) < 4.78 is 32.7. The largest absolute Gasteiger partial charge is 0.462 e. The average Bonchev–Trinajstić information content (AvgIpc) is 3.08. The topological polar surface area (TPSA) is 231 Å². The summed E-state index contributed by atoms with van der Waals surface area (Å²) in [7, 11) is 0. The van der Waals surface area contributed by atoms with Gasteiger partial charge < -0.3 is 64.2 Å². The number of allylic oxidation sites excluding steroid dienone is 2. The average molecular weight is 709 g/mol. The van der Waals surface area contributed by atoms with Crippen molar-refractivity contribution in [2.75, 3.05) is 26.4 Å². The van der Waals surface area contributed by atoms with E-state index in [0.29, 0.717) is 12.8 Å². The number of ether oxygens (including phenoxy) is 6. The van der Waals surface area contributed by atoms with Crippen molar-refractivity contribution in [3.8, 4) is 0 Å². The Labute approximate surface area is 289 Å². The Kier molecular flexibility index (Phi) is 21.6. The Morgan fingerprint density at radius 2 is 1.20 bits per heavy atom. The van der Waals surface area contributed by atoms with Gasteiger partial charge in [0, 0.05) is 12.8 Å². The fourth-order valence-corrected chi connectivity index (χ4v) is 5.42. The first-order chi connectivity index (χ1) is 23.5. The van der Waals surface area contributed by atoms with Crippen LogP contribution in [0.15, 0.2) is 12.2 Å². The second kappa shape index (κ2) is 24.4. The van der Waals surface area contributed by atoms with Gasteiger partial charge in [0.05, 0.1) is 19.8 Å². The van der Waals surface area contributed by atoms with Crippen molar-refractivity contribution >= 4 is 11.9 Å². The Morgan fingerprint density at radius 3 is 1.84 bits per heavy atom. The van der Waals surface area contributed by atoms with Crippen LogP contribution < -0.4 is 0 Å². The van der Waals surface area contributed by atoms with Crippen LogP contribution in [-0.2, 0) is 38.0 Å². The van der Waals surface area contributed by atoms with E-state index in [1.807, 2.05) is 6.92 Å². The second-order valence-corrected chi connectivity index (χ2v) is 12.7. The van der Waals surface area contributed by atoms with Crippen molar-refractivity contribution in [1.29, 1.82) is 0 Å². The van der Waals surface area contributed by atoms with Crippen LogP contribution in [0.4, 0.5) is 0 Å². The standard InChI is InChI=1S/C34H60O15/c1-3-5-6-7-8-9-10-11-12-13-14-15-17-26(37)47-22(19-44-25(36)16-4-2)20-45-33-32(43)30(41)28(39)24(49-33)21-46-34-31(42)29(40)27(38)23(18-35)48-34/h8-9,22-24,27-35,38-43H,3-7,10-21H2,1-2H3/b9-8-. The molecule has 286 valence electrons. The Morgan fingerprint density at radius 1 is 0.633 bits per heavy atom. The van der Waals surface area contributed by atoms with E-state index in [1.54, 1.807) is 0 Å². The van der Waals surface area contributed by atoms with Gasteiger partial charge in [-0.25, -0.2) is 0 Å². The van der Waals surface area contributed by atoms with Crippen molar-refractivity contribution in [1.82, 2.24) is 0 Å². The van der Waals surface area contributed by atoms with Crippen LogP contribution in [-0.4, -0.2) is 142 Å². The normalized spacial score (nSPS) is 31.1. The van der Waals surface area contributed by atoms with Crippen molar-refractivity contribution in [3.63, 3.8) is 0 Å². The first-order valence-corrected chi connectivity index (χ1v) is 17.8. The number of aliphatic hydroxyl groups is 7. The molecule has 0 spiro atoms. The number of carbonyl (C=O) groups is 2. The molecule has 49 heavy (non-hydrogen) atoms. The van der Waals surface area contributed by atoms with Gasteiger partial charge in [-0.05, 0) is 38.5 Å². The smallest absolute Gasteiger partial charge is 0.306 e. The third-order valence-electron chi connectivity index (χ3n) is 8.46. The number of rotatable bonds is 24. The van der Waals surface area contributed by atoms with Crippen LogP contribution in [0.2, 0.25) is 0 Å². The molecule has 0 aliphatic carbocycles. The second-order valence-electron chi connectivity index (χ2n) is 12.7. The third kappa shape index (κ3) is 15.6. The zero-order valence-electron chi connectivity index (χ0n) is 28.9. The lowest BCUT2D eigenvalue weighted by Gasteiger charge is -2.42. The van der Waals surface area contributed by atoms with Crippen LogP contribution in [0.25, 0.3) is 0 Å². The first-order valence-electron chi connectivity index (χ1n) is 17.8. The molecule has 2 aliphatic heterocycles. The molecule has 0 radical (unpaired) electrons. The highest BCUT2D eigenvalue weighted by molar-refractivity contribution is 5.70. The summed E-state index contributed by atoms with van der Waals surface area (Å²) >= 11 is 0. The lowest BCUT2D eigenvalue weighted by molar-refractivity contribution is -0.332. The van der Waals surface area contributed by atoms with Gasteiger partial charge in [0.25, 0.3) is 0 Å². The number of hydrogen-bond acceptors (Lipinski definition) is 15. The summed E-state index contributed by atoms with van der Waals surface area (Å²) in [5, 5.41) is 71.0. The molecule has 0 amide bonds. The number of hydrogen-bond donors (Lipinski definition) is 7. The number of aliphatic hydroxyl groups excluding tert-OH is 7. The van der Waals surface area contributed by atoms with E-state index in [2.05, 4.69) is 19.1 Å². The van der Waals surface area contributed by atoms with Gasteiger partial charge in [0.15, 0.2) is 18.7 Å². The summed E-state index contributed by atoms with van der Waals surface area (Å²) in [4.78, 5) is 24.6. The van der Waals surface area contributed by atoms with Gasteiger partial charge >= 0.3 is 11.9 Å². The molecule has 15 heteroatoms. The highest BCUT2D eigenvalue weighted by atomic mass is 16.7. The van der Waals surface area contributed by atoms with E-state index in [9.17, 15) is 45.3 Å². The van der Waals surface area contributed by atoms with Crippen molar-refractivity contribution in [2.45, 2.75) is 165 Å². The molecule has 0 aromatic rings. The molecule has 2 heterocycles. The molecule has 11 atom stereocenters. The minimum atomic E-state index is -1.76. The predicted octanol–water partition coefficient (Wildman–Crippen LogP) is 0.749. The molecular formula is C34H60O15. The minimum Gasteiger partial charge on any atom is -0.462 e. The molecule has 2 aliphatic rings.